The zero-order valence-corrected chi connectivity index (χ0v) is 8.42. The van der Waals surface area contributed by atoms with Crippen molar-refractivity contribution in [3.63, 3.8) is 0 Å². The Hall–Kier alpha value is -1.28. The first-order valence-electron chi connectivity index (χ1n) is 3.75. The maximum absolute atomic E-state index is 12.3. The lowest BCUT2D eigenvalue weighted by Crippen LogP contribution is -2.15. The van der Waals surface area contributed by atoms with Crippen molar-refractivity contribution >= 4 is 10.0 Å². The molecule has 0 bridgehead atoms. The number of rotatable bonds is 2. The molecule has 0 aliphatic carbocycles. The molecule has 0 aliphatic rings. The molecule has 0 aromatic carbocycles. The fourth-order valence-corrected chi connectivity index (χ4v) is 1.52. The number of nitrogens with zero attached hydrogens (tertiary/aromatic N) is 1. The van der Waals surface area contributed by atoms with Gasteiger partial charge in [-0.05, 0) is 18.6 Å². The third kappa shape index (κ3) is 2.39. The zero-order chi connectivity index (χ0) is 11.8. The maximum atomic E-state index is 12.3. The molecule has 1 rings (SSSR count). The highest BCUT2D eigenvalue weighted by atomic mass is 32.2. The predicted octanol–water partition coefficient (Wildman–Crippen LogP) is 0.681. The number of alkyl halides is 2. The largest absolute Gasteiger partial charge is 0.506 e. The van der Waals surface area contributed by atoms with Gasteiger partial charge < -0.3 is 5.11 Å². The minimum atomic E-state index is -4.15. The standard InChI is InChI=1S/C7H8F2N2O3S/c1-3-2-4(15(10,13)14)11-5(6(3)12)7(8)9/h2,7,12H,1H3,(H2,10,13,14). The lowest BCUT2D eigenvalue weighted by molar-refractivity contribution is 0.141. The number of pyridine rings is 1. The van der Waals surface area contributed by atoms with Crippen LogP contribution in [0.1, 0.15) is 17.7 Å². The molecule has 84 valence electrons. The number of aryl methyl sites for hydroxylation is 1. The smallest absolute Gasteiger partial charge is 0.284 e. The van der Waals surface area contributed by atoms with Crippen LogP contribution in [0, 0.1) is 6.92 Å². The van der Waals surface area contributed by atoms with E-state index in [1.165, 1.54) is 6.92 Å². The molecule has 3 N–H and O–H groups in total. The van der Waals surface area contributed by atoms with Crippen molar-refractivity contribution in [2.75, 3.05) is 0 Å². The molecule has 0 atom stereocenters. The van der Waals surface area contributed by atoms with E-state index in [-0.39, 0.29) is 5.56 Å². The van der Waals surface area contributed by atoms with Crippen LogP contribution >= 0.6 is 0 Å². The van der Waals surface area contributed by atoms with E-state index in [1.807, 2.05) is 0 Å². The van der Waals surface area contributed by atoms with Crippen LogP contribution in [0.25, 0.3) is 0 Å². The van der Waals surface area contributed by atoms with Crippen molar-refractivity contribution in [2.45, 2.75) is 18.4 Å². The van der Waals surface area contributed by atoms with Gasteiger partial charge in [0.2, 0.25) is 0 Å². The van der Waals surface area contributed by atoms with Gasteiger partial charge in [0.1, 0.15) is 11.4 Å². The highest BCUT2D eigenvalue weighted by Crippen LogP contribution is 2.30. The van der Waals surface area contributed by atoms with Gasteiger partial charge in [-0.15, -0.1) is 0 Å². The van der Waals surface area contributed by atoms with Crippen LogP contribution in [-0.2, 0) is 10.0 Å². The highest BCUT2D eigenvalue weighted by Gasteiger charge is 2.21. The Balaban J connectivity index is 3.50. The summed E-state index contributed by atoms with van der Waals surface area (Å²) < 4.78 is 46.4. The third-order valence-electron chi connectivity index (χ3n) is 1.68. The number of sulfonamides is 1. The Morgan fingerprint density at radius 1 is 1.53 bits per heavy atom. The predicted molar refractivity (Wildman–Crippen MR) is 47.0 cm³/mol. The Kier molecular flexibility index (Phi) is 2.91. The van der Waals surface area contributed by atoms with E-state index in [4.69, 9.17) is 5.14 Å². The summed E-state index contributed by atoms with van der Waals surface area (Å²) in [5.74, 6) is -0.725. The van der Waals surface area contributed by atoms with Crippen LogP contribution < -0.4 is 5.14 Å². The Bertz CT molecular complexity index is 487. The van der Waals surface area contributed by atoms with Gasteiger partial charge in [-0.3, -0.25) is 0 Å². The Morgan fingerprint density at radius 2 is 2.07 bits per heavy atom. The van der Waals surface area contributed by atoms with Crippen LogP contribution in [0.15, 0.2) is 11.1 Å². The molecule has 8 heteroatoms. The van der Waals surface area contributed by atoms with Crippen LogP contribution in [0.4, 0.5) is 8.78 Å². The third-order valence-corrected chi connectivity index (χ3v) is 2.48. The second-order valence-corrected chi connectivity index (χ2v) is 4.37. The zero-order valence-electron chi connectivity index (χ0n) is 7.61. The van der Waals surface area contributed by atoms with Crippen molar-refractivity contribution in [1.82, 2.24) is 4.98 Å². The number of aromatic hydroxyl groups is 1. The molecule has 0 radical (unpaired) electrons. The molecular formula is C7H8F2N2O3S. The molecule has 0 unspecified atom stereocenters. The van der Waals surface area contributed by atoms with Crippen molar-refractivity contribution in [3.8, 4) is 5.75 Å². The number of hydrogen-bond donors (Lipinski definition) is 2. The fourth-order valence-electron chi connectivity index (χ4n) is 0.957. The summed E-state index contributed by atoms with van der Waals surface area (Å²) in [5, 5.41) is 13.2. The number of primary sulfonamides is 1. The van der Waals surface area contributed by atoms with Gasteiger partial charge in [-0.1, -0.05) is 0 Å². The van der Waals surface area contributed by atoms with E-state index < -0.39 is 32.9 Å². The molecule has 1 aromatic heterocycles. The molecule has 5 nitrogen and oxygen atoms in total. The molecule has 0 saturated carbocycles. The average Bonchev–Trinajstić information content (AvgIpc) is 2.06. The number of hydrogen-bond acceptors (Lipinski definition) is 4. The molecule has 0 saturated heterocycles. The minimum Gasteiger partial charge on any atom is -0.506 e. The SMILES string of the molecule is Cc1cc(S(N)(=O)=O)nc(C(F)F)c1O. The van der Waals surface area contributed by atoms with Gasteiger partial charge >= 0.3 is 0 Å². The van der Waals surface area contributed by atoms with Gasteiger partial charge in [-0.2, -0.15) is 0 Å². The molecule has 1 aromatic rings. The van der Waals surface area contributed by atoms with Gasteiger partial charge in [0, 0.05) is 0 Å². The second-order valence-electron chi connectivity index (χ2n) is 2.86. The van der Waals surface area contributed by atoms with Crippen LogP contribution in [0.5, 0.6) is 5.75 Å². The second kappa shape index (κ2) is 3.70. The molecular weight excluding hydrogens is 230 g/mol. The molecule has 0 aliphatic heterocycles. The summed E-state index contributed by atoms with van der Waals surface area (Å²) in [5.41, 5.74) is -1.01. The maximum Gasteiger partial charge on any atom is 0.284 e. The summed E-state index contributed by atoms with van der Waals surface area (Å²) in [6.07, 6.45) is -3.06. The van der Waals surface area contributed by atoms with E-state index in [2.05, 4.69) is 4.98 Å². The molecule has 15 heavy (non-hydrogen) atoms. The summed E-state index contributed by atoms with van der Waals surface area (Å²) in [6, 6.07) is 0.927. The van der Waals surface area contributed by atoms with E-state index in [1.54, 1.807) is 0 Å². The van der Waals surface area contributed by atoms with Crippen molar-refractivity contribution < 1.29 is 22.3 Å². The van der Waals surface area contributed by atoms with Crippen molar-refractivity contribution in [3.05, 3.63) is 17.3 Å². The van der Waals surface area contributed by atoms with E-state index in [0.717, 1.165) is 6.07 Å². The van der Waals surface area contributed by atoms with Gasteiger partial charge in [0.05, 0.1) is 0 Å². The minimum absolute atomic E-state index is 0.0238. The summed E-state index contributed by atoms with van der Waals surface area (Å²) in [6.45, 7) is 1.28. The first kappa shape index (κ1) is 11.8. The topological polar surface area (TPSA) is 93.3 Å². The van der Waals surface area contributed by atoms with Crippen molar-refractivity contribution in [1.29, 1.82) is 0 Å². The van der Waals surface area contributed by atoms with Gasteiger partial charge in [-0.25, -0.2) is 27.3 Å². The van der Waals surface area contributed by atoms with Crippen LogP contribution in [-0.4, -0.2) is 18.5 Å². The van der Waals surface area contributed by atoms with Gasteiger partial charge in [0.25, 0.3) is 16.4 Å². The summed E-state index contributed by atoms with van der Waals surface area (Å²) >= 11 is 0. The highest BCUT2D eigenvalue weighted by molar-refractivity contribution is 7.89. The molecule has 0 spiro atoms. The first-order chi connectivity index (χ1) is 6.73. The van der Waals surface area contributed by atoms with E-state index in [9.17, 15) is 22.3 Å². The number of halogens is 2. The Morgan fingerprint density at radius 3 is 2.47 bits per heavy atom. The Labute approximate surface area is 84.6 Å². The van der Waals surface area contributed by atoms with Gasteiger partial charge in [0.15, 0.2) is 5.03 Å². The van der Waals surface area contributed by atoms with Crippen molar-refractivity contribution in [2.24, 2.45) is 5.14 Å². The summed E-state index contributed by atoms with van der Waals surface area (Å²) in [4.78, 5) is 3.09. The first-order valence-corrected chi connectivity index (χ1v) is 5.29. The molecule has 0 amide bonds. The summed E-state index contributed by atoms with van der Waals surface area (Å²) in [7, 11) is -4.15. The number of aromatic nitrogens is 1. The average molecular weight is 238 g/mol. The fraction of sp³-hybridized carbons (Fsp3) is 0.286. The normalized spacial score (nSPS) is 12.1. The molecule has 1 heterocycles. The lowest BCUT2D eigenvalue weighted by atomic mass is 10.2. The van der Waals surface area contributed by atoms with E-state index >= 15 is 0 Å². The quantitative estimate of drug-likeness (QED) is 0.792. The van der Waals surface area contributed by atoms with Crippen LogP contribution in [0.2, 0.25) is 0 Å². The lowest BCUT2D eigenvalue weighted by Gasteiger charge is -2.07. The number of nitrogens with two attached hydrogens (primary N) is 1. The van der Waals surface area contributed by atoms with Crippen LogP contribution in [0.3, 0.4) is 0 Å². The van der Waals surface area contributed by atoms with E-state index in [0.29, 0.717) is 0 Å². The monoisotopic (exact) mass is 238 g/mol. The molecule has 0 fully saturated rings.